The lowest BCUT2D eigenvalue weighted by molar-refractivity contribution is 0.320. The smallest absolute Gasteiger partial charge is 0.0642 e. The minimum absolute atomic E-state index is 0.0721. The summed E-state index contributed by atoms with van der Waals surface area (Å²) < 4.78 is 0. The van der Waals surface area contributed by atoms with Crippen LogP contribution in [0.1, 0.15) is 37.7 Å². The molecule has 1 saturated heterocycles. The van der Waals surface area contributed by atoms with E-state index in [4.69, 9.17) is 16.8 Å². The minimum Gasteiger partial charge on any atom is -0.411 e. The molecule has 1 atom stereocenters. The Bertz CT molecular complexity index is 428. The van der Waals surface area contributed by atoms with Gasteiger partial charge in [0.05, 0.1) is 16.9 Å². The van der Waals surface area contributed by atoms with Crippen LogP contribution in [0.5, 0.6) is 0 Å². The van der Waals surface area contributed by atoms with E-state index >= 15 is 0 Å². The molecule has 0 aromatic heterocycles. The van der Waals surface area contributed by atoms with Gasteiger partial charge in [-0.1, -0.05) is 24.6 Å². The van der Waals surface area contributed by atoms with Crippen LogP contribution in [0.25, 0.3) is 0 Å². The normalized spacial score (nSPS) is 18.2. The number of hydrogen-bond acceptors (Lipinski definition) is 3. The van der Waals surface area contributed by atoms with Crippen molar-refractivity contribution in [2.45, 2.75) is 32.1 Å². The maximum Gasteiger partial charge on any atom is 0.0642 e. The first kappa shape index (κ1) is 13.2. The van der Waals surface area contributed by atoms with Gasteiger partial charge in [0.15, 0.2) is 0 Å². The molecule has 18 heavy (non-hydrogen) atoms. The first-order valence-corrected chi connectivity index (χ1v) is 6.82. The highest BCUT2D eigenvalue weighted by Gasteiger charge is 2.14. The van der Waals surface area contributed by atoms with Gasteiger partial charge in [-0.25, -0.2) is 0 Å². The number of piperidine rings is 1. The van der Waals surface area contributed by atoms with Crippen molar-refractivity contribution in [3.8, 4) is 0 Å². The minimum atomic E-state index is 0.0721. The van der Waals surface area contributed by atoms with Gasteiger partial charge < -0.3 is 10.1 Å². The predicted molar refractivity (Wildman–Crippen MR) is 76.2 cm³/mol. The summed E-state index contributed by atoms with van der Waals surface area (Å²) in [6, 6.07) is 6.10. The largest absolute Gasteiger partial charge is 0.411 e. The number of hydrogen-bond donors (Lipinski definition) is 1. The van der Waals surface area contributed by atoms with Gasteiger partial charge in [-0.2, -0.15) is 0 Å². The van der Waals surface area contributed by atoms with Crippen molar-refractivity contribution in [2.24, 2.45) is 5.16 Å². The van der Waals surface area contributed by atoms with E-state index in [1.54, 1.807) is 0 Å². The molecule has 1 fully saturated rings. The molecule has 1 unspecified atom stereocenters. The van der Waals surface area contributed by atoms with Crippen LogP contribution < -0.4 is 4.90 Å². The Morgan fingerprint density at radius 1 is 1.33 bits per heavy atom. The Kier molecular flexibility index (Phi) is 4.48. The van der Waals surface area contributed by atoms with Gasteiger partial charge in [-0.05, 0) is 37.0 Å². The van der Waals surface area contributed by atoms with Crippen LogP contribution in [-0.4, -0.2) is 24.5 Å². The van der Waals surface area contributed by atoms with E-state index in [2.05, 4.69) is 22.2 Å². The molecular formula is C14H19ClN2O. The molecule has 2 rings (SSSR count). The molecular weight excluding hydrogens is 248 g/mol. The molecule has 3 nitrogen and oxygen atoms in total. The summed E-state index contributed by atoms with van der Waals surface area (Å²) in [7, 11) is 0. The monoisotopic (exact) mass is 266 g/mol. The zero-order chi connectivity index (χ0) is 13.0. The van der Waals surface area contributed by atoms with E-state index in [-0.39, 0.29) is 5.92 Å². The van der Waals surface area contributed by atoms with Gasteiger partial charge in [-0.3, -0.25) is 0 Å². The molecule has 0 bridgehead atoms. The summed E-state index contributed by atoms with van der Waals surface area (Å²) in [5.74, 6) is 0.0721. The van der Waals surface area contributed by atoms with Crippen molar-refractivity contribution in [2.75, 3.05) is 18.0 Å². The molecule has 0 radical (unpaired) electrons. The fourth-order valence-electron chi connectivity index (χ4n) is 2.38. The van der Waals surface area contributed by atoms with E-state index in [1.165, 1.54) is 25.5 Å². The van der Waals surface area contributed by atoms with E-state index in [9.17, 15) is 0 Å². The fourth-order valence-corrected chi connectivity index (χ4v) is 2.69. The van der Waals surface area contributed by atoms with Gasteiger partial charge in [0.1, 0.15) is 0 Å². The number of anilines is 1. The van der Waals surface area contributed by atoms with Crippen molar-refractivity contribution in [1.29, 1.82) is 0 Å². The van der Waals surface area contributed by atoms with Crippen LogP contribution in [0.15, 0.2) is 23.4 Å². The lowest BCUT2D eigenvalue weighted by Gasteiger charge is -2.29. The van der Waals surface area contributed by atoms with E-state index in [1.807, 2.05) is 13.0 Å². The van der Waals surface area contributed by atoms with Crippen LogP contribution in [0.2, 0.25) is 5.02 Å². The summed E-state index contributed by atoms with van der Waals surface area (Å²) in [4.78, 5) is 2.35. The Hall–Kier alpha value is -1.22. The Morgan fingerprint density at radius 2 is 2.06 bits per heavy atom. The topological polar surface area (TPSA) is 35.8 Å². The van der Waals surface area contributed by atoms with Crippen molar-refractivity contribution in [1.82, 2.24) is 0 Å². The zero-order valence-corrected chi connectivity index (χ0v) is 11.4. The van der Waals surface area contributed by atoms with Gasteiger partial charge >= 0.3 is 0 Å². The van der Waals surface area contributed by atoms with E-state index in [0.717, 1.165) is 29.4 Å². The maximum atomic E-state index is 8.55. The first-order chi connectivity index (χ1) is 8.72. The molecule has 4 heteroatoms. The Balaban J connectivity index is 2.18. The third-order valence-corrected chi connectivity index (χ3v) is 3.79. The molecule has 1 N–H and O–H groups in total. The molecule has 1 aromatic carbocycles. The number of halogens is 1. The number of rotatable bonds is 3. The molecule has 0 saturated carbocycles. The SMILES string of the molecule is CC(C=NO)c1ccc(N2CCCCC2)c(Cl)c1. The van der Waals surface area contributed by atoms with Crippen LogP contribution >= 0.6 is 11.6 Å². The van der Waals surface area contributed by atoms with Gasteiger partial charge in [0, 0.05) is 19.0 Å². The number of benzene rings is 1. The van der Waals surface area contributed by atoms with Crippen molar-refractivity contribution >= 4 is 23.5 Å². The van der Waals surface area contributed by atoms with Gasteiger partial charge in [0.2, 0.25) is 0 Å². The van der Waals surface area contributed by atoms with Crippen LogP contribution in [-0.2, 0) is 0 Å². The second-order valence-electron chi connectivity index (χ2n) is 4.81. The number of nitrogens with zero attached hydrogens (tertiary/aromatic N) is 2. The quantitative estimate of drug-likeness (QED) is 0.512. The van der Waals surface area contributed by atoms with E-state index < -0.39 is 0 Å². The zero-order valence-electron chi connectivity index (χ0n) is 10.6. The predicted octanol–water partition coefficient (Wildman–Crippen LogP) is 3.89. The van der Waals surface area contributed by atoms with Crippen molar-refractivity contribution < 1.29 is 5.21 Å². The van der Waals surface area contributed by atoms with Gasteiger partial charge in [0.25, 0.3) is 0 Å². The lowest BCUT2D eigenvalue weighted by Crippen LogP contribution is -2.29. The van der Waals surface area contributed by atoms with Crippen LogP contribution in [0.4, 0.5) is 5.69 Å². The second-order valence-corrected chi connectivity index (χ2v) is 5.22. The summed E-state index contributed by atoms with van der Waals surface area (Å²) in [5.41, 5.74) is 2.19. The van der Waals surface area contributed by atoms with Gasteiger partial charge in [-0.15, -0.1) is 5.16 Å². The standard InChI is InChI=1S/C14H19ClN2O/c1-11(10-16-18)12-5-6-14(13(15)9-12)17-7-3-2-4-8-17/h5-6,9-11,18H,2-4,7-8H2,1H3. The Morgan fingerprint density at radius 3 is 2.67 bits per heavy atom. The summed E-state index contributed by atoms with van der Waals surface area (Å²) in [5, 5.41) is 12.4. The lowest BCUT2D eigenvalue weighted by atomic mass is 10.0. The first-order valence-electron chi connectivity index (χ1n) is 6.44. The molecule has 0 aliphatic carbocycles. The molecule has 1 aliphatic rings. The average molecular weight is 267 g/mol. The Labute approximate surface area is 113 Å². The summed E-state index contributed by atoms with van der Waals surface area (Å²) in [6.45, 7) is 4.16. The highest BCUT2D eigenvalue weighted by Crippen LogP contribution is 2.31. The third kappa shape index (κ3) is 2.96. The average Bonchev–Trinajstić information content (AvgIpc) is 2.40. The fraction of sp³-hybridized carbons (Fsp3) is 0.500. The highest BCUT2D eigenvalue weighted by molar-refractivity contribution is 6.33. The molecule has 1 heterocycles. The highest BCUT2D eigenvalue weighted by atomic mass is 35.5. The van der Waals surface area contributed by atoms with Crippen molar-refractivity contribution in [3.05, 3.63) is 28.8 Å². The molecule has 0 amide bonds. The third-order valence-electron chi connectivity index (χ3n) is 3.48. The van der Waals surface area contributed by atoms with Crippen molar-refractivity contribution in [3.63, 3.8) is 0 Å². The van der Waals surface area contributed by atoms with E-state index in [0.29, 0.717) is 0 Å². The molecule has 1 aromatic rings. The summed E-state index contributed by atoms with van der Waals surface area (Å²) >= 11 is 6.36. The molecule has 0 spiro atoms. The molecule has 1 aliphatic heterocycles. The number of oxime groups is 1. The second kappa shape index (κ2) is 6.10. The van der Waals surface area contributed by atoms with Crippen LogP contribution in [0.3, 0.4) is 0 Å². The summed E-state index contributed by atoms with van der Waals surface area (Å²) in [6.07, 6.45) is 5.31. The maximum absolute atomic E-state index is 8.55. The molecule has 98 valence electrons. The van der Waals surface area contributed by atoms with Crippen LogP contribution in [0, 0.1) is 0 Å².